The number of nitrogens with one attached hydrogen (secondary N) is 2. The van der Waals surface area contributed by atoms with Gasteiger partial charge in [0.25, 0.3) is 0 Å². The van der Waals surface area contributed by atoms with Crippen LogP contribution in [0.4, 0.5) is 5.82 Å². The van der Waals surface area contributed by atoms with Gasteiger partial charge >= 0.3 is 0 Å². The van der Waals surface area contributed by atoms with E-state index in [-0.39, 0.29) is 11.8 Å². The summed E-state index contributed by atoms with van der Waals surface area (Å²) in [6.45, 7) is 7.61. The number of aryl methyl sites for hydroxylation is 2. The van der Waals surface area contributed by atoms with E-state index in [1.807, 2.05) is 18.2 Å². The first kappa shape index (κ1) is 34.2. The Morgan fingerprint density at radius 1 is 0.837 bits per heavy atom. The topological polar surface area (TPSA) is 170 Å². The van der Waals surface area contributed by atoms with E-state index in [0.29, 0.717) is 57.9 Å². The maximum atomic E-state index is 12.4. The number of nitrogens with zero attached hydrogens (tertiary/aromatic N) is 4. The Hall–Kier alpha value is -3.28. The number of benzene rings is 1. The first-order chi connectivity index (χ1) is 21.0. The van der Waals surface area contributed by atoms with Gasteiger partial charge in [0.2, 0.25) is 11.8 Å². The van der Waals surface area contributed by atoms with Gasteiger partial charge < -0.3 is 37.3 Å². The molecule has 0 bridgehead atoms. The Kier molecular flexibility index (Phi) is 15.2. The minimum absolute atomic E-state index is 0.0387. The van der Waals surface area contributed by atoms with Gasteiger partial charge in [-0.25, -0.2) is 9.97 Å². The molecule has 2 aromatic heterocycles. The first-order valence-electron chi connectivity index (χ1n) is 16.2. The minimum atomic E-state index is 0.0387. The molecule has 0 aliphatic heterocycles. The van der Waals surface area contributed by atoms with Crippen LogP contribution in [0.5, 0.6) is 0 Å². The molecular formula is C32H53N9O2. The molecule has 0 atom stereocenters. The second-order valence-electron chi connectivity index (χ2n) is 11.2. The van der Waals surface area contributed by atoms with Crippen molar-refractivity contribution in [3.63, 3.8) is 0 Å². The number of amides is 2. The molecule has 0 radical (unpaired) electrons. The van der Waals surface area contributed by atoms with Crippen LogP contribution in [-0.2, 0) is 22.6 Å². The van der Waals surface area contributed by atoms with Crippen LogP contribution in [-0.4, -0.2) is 77.1 Å². The molecule has 11 heteroatoms. The summed E-state index contributed by atoms with van der Waals surface area (Å²) in [6.07, 6.45) is 9.31. The maximum Gasteiger partial charge on any atom is 0.221 e. The zero-order valence-electron chi connectivity index (χ0n) is 26.1. The van der Waals surface area contributed by atoms with Crippen LogP contribution in [0.2, 0.25) is 0 Å². The number of para-hydroxylation sites is 1. The van der Waals surface area contributed by atoms with Gasteiger partial charge in [-0.2, -0.15) is 0 Å². The first-order valence-corrected chi connectivity index (χ1v) is 16.2. The summed E-state index contributed by atoms with van der Waals surface area (Å²) in [7, 11) is 0. The summed E-state index contributed by atoms with van der Waals surface area (Å²) in [4.78, 5) is 36.7. The van der Waals surface area contributed by atoms with E-state index in [9.17, 15) is 9.59 Å². The fourth-order valence-corrected chi connectivity index (χ4v) is 5.30. The van der Waals surface area contributed by atoms with Gasteiger partial charge in [0.1, 0.15) is 11.3 Å². The average molecular weight is 596 g/mol. The summed E-state index contributed by atoms with van der Waals surface area (Å²) in [5, 5.41) is 7.04. The monoisotopic (exact) mass is 595 g/mol. The lowest BCUT2D eigenvalue weighted by Gasteiger charge is -2.22. The van der Waals surface area contributed by atoms with Gasteiger partial charge in [-0.1, -0.05) is 31.5 Å². The van der Waals surface area contributed by atoms with Crippen molar-refractivity contribution in [3.8, 4) is 0 Å². The van der Waals surface area contributed by atoms with E-state index in [4.69, 9.17) is 22.2 Å². The zero-order chi connectivity index (χ0) is 30.9. The van der Waals surface area contributed by atoms with Gasteiger partial charge in [-0.05, 0) is 70.6 Å². The third-order valence-corrected chi connectivity index (χ3v) is 7.77. The number of nitrogens with two attached hydrogens (primary N) is 3. The van der Waals surface area contributed by atoms with Crippen molar-refractivity contribution in [2.45, 2.75) is 84.1 Å². The Morgan fingerprint density at radius 2 is 1.49 bits per heavy atom. The lowest BCUT2D eigenvalue weighted by molar-refractivity contribution is -0.121. The summed E-state index contributed by atoms with van der Waals surface area (Å²) in [6, 6.07) is 8.10. The van der Waals surface area contributed by atoms with Gasteiger partial charge in [0, 0.05) is 57.4 Å². The molecule has 238 valence electrons. The lowest BCUT2D eigenvalue weighted by atomic mass is 10.1. The van der Waals surface area contributed by atoms with Crippen molar-refractivity contribution in [1.29, 1.82) is 0 Å². The van der Waals surface area contributed by atoms with Crippen molar-refractivity contribution in [2.24, 2.45) is 11.5 Å². The van der Waals surface area contributed by atoms with E-state index >= 15 is 0 Å². The number of imidazole rings is 1. The second-order valence-corrected chi connectivity index (χ2v) is 11.2. The molecule has 0 saturated carbocycles. The highest BCUT2D eigenvalue weighted by atomic mass is 16.2. The SMILES string of the molecule is CCCCc1nc2c(N)nc3ccccc3c2n1CCCCN(CCC(=O)NCCCCN)CCC(=O)NCCCCN. The van der Waals surface area contributed by atoms with Gasteiger partial charge in [0.15, 0.2) is 5.82 Å². The molecule has 1 aromatic carbocycles. The van der Waals surface area contributed by atoms with Crippen molar-refractivity contribution in [1.82, 2.24) is 30.1 Å². The number of hydrogen-bond donors (Lipinski definition) is 5. The standard InChI is InChI=1S/C32H53N9O2/c1-2-3-14-27-39-30-31(25-12-4-5-13-26(25)38-32(30)35)41(27)22-11-10-21-40(23-15-28(42)36-19-8-6-17-33)24-16-29(43)37-20-9-7-18-34/h4-5,12-13H,2-3,6-11,14-24,33-34H2,1H3,(H2,35,38)(H,36,42)(H,37,43). The molecule has 2 heterocycles. The quantitative estimate of drug-likeness (QED) is 0.110. The van der Waals surface area contributed by atoms with Crippen molar-refractivity contribution in [3.05, 3.63) is 30.1 Å². The molecule has 0 unspecified atom stereocenters. The molecule has 0 aliphatic carbocycles. The van der Waals surface area contributed by atoms with E-state index in [2.05, 4.69) is 38.1 Å². The summed E-state index contributed by atoms with van der Waals surface area (Å²) in [5.41, 5.74) is 20.2. The van der Waals surface area contributed by atoms with Crippen molar-refractivity contribution in [2.75, 3.05) is 51.5 Å². The van der Waals surface area contributed by atoms with E-state index in [1.54, 1.807) is 0 Å². The van der Waals surface area contributed by atoms with Crippen LogP contribution in [0.1, 0.15) is 77.0 Å². The highest BCUT2D eigenvalue weighted by molar-refractivity contribution is 6.06. The smallest absolute Gasteiger partial charge is 0.221 e. The number of fused-ring (bicyclic) bond motifs is 3. The maximum absolute atomic E-state index is 12.4. The average Bonchev–Trinajstić information content (AvgIpc) is 3.38. The Bertz CT molecular complexity index is 1250. The van der Waals surface area contributed by atoms with Crippen LogP contribution in [0.3, 0.4) is 0 Å². The molecule has 8 N–H and O–H groups in total. The number of carbonyl (C=O) groups excluding carboxylic acids is 2. The summed E-state index contributed by atoms with van der Waals surface area (Å²) >= 11 is 0. The molecule has 0 saturated heterocycles. The predicted molar refractivity (Wildman–Crippen MR) is 176 cm³/mol. The molecule has 11 nitrogen and oxygen atoms in total. The third-order valence-electron chi connectivity index (χ3n) is 7.77. The van der Waals surface area contributed by atoms with Gasteiger partial charge in [0.05, 0.1) is 11.0 Å². The van der Waals surface area contributed by atoms with Crippen LogP contribution in [0.15, 0.2) is 24.3 Å². The summed E-state index contributed by atoms with van der Waals surface area (Å²) in [5.74, 6) is 1.60. The number of unbranched alkanes of at least 4 members (excludes halogenated alkanes) is 4. The predicted octanol–water partition coefficient (Wildman–Crippen LogP) is 3.08. The Balaban J connectivity index is 1.63. The number of hydrogen-bond acceptors (Lipinski definition) is 8. The van der Waals surface area contributed by atoms with E-state index in [0.717, 1.165) is 98.6 Å². The molecule has 0 fully saturated rings. The molecular weight excluding hydrogens is 542 g/mol. The van der Waals surface area contributed by atoms with E-state index < -0.39 is 0 Å². The second kappa shape index (κ2) is 19.1. The Morgan fingerprint density at radius 3 is 2.12 bits per heavy atom. The van der Waals surface area contributed by atoms with Gasteiger partial charge in [-0.15, -0.1) is 0 Å². The third kappa shape index (κ3) is 11.1. The fourth-order valence-electron chi connectivity index (χ4n) is 5.30. The number of aromatic nitrogens is 3. The highest BCUT2D eigenvalue weighted by Gasteiger charge is 2.17. The van der Waals surface area contributed by atoms with E-state index in [1.165, 1.54) is 0 Å². The van der Waals surface area contributed by atoms with Crippen LogP contribution >= 0.6 is 0 Å². The van der Waals surface area contributed by atoms with Crippen LogP contribution in [0, 0.1) is 0 Å². The summed E-state index contributed by atoms with van der Waals surface area (Å²) < 4.78 is 2.33. The number of pyridine rings is 1. The van der Waals surface area contributed by atoms with Crippen LogP contribution < -0.4 is 27.8 Å². The number of rotatable bonds is 22. The molecule has 0 aliphatic rings. The minimum Gasteiger partial charge on any atom is -0.382 e. The molecule has 2 amide bonds. The highest BCUT2D eigenvalue weighted by Crippen LogP contribution is 2.29. The Labute approximate surface area is 256 Å². The molecule has 43 heavy (non-hydrogen) atoms. The number of carbonyl (C=O) groups is 2. The van der Waals surface area contributed by atoms with Crippen molar-refractivity contribution >= 4 is 39.6 Å². The number of anilines is 1. The lowest BCUT2D eigenvalue weighted by Crippen LogP contribution is -2.35. The molecule has 0 spiro atoms. The largest absolute Gasteiger partial charge is 0.382 e. The fraction of sp³-hybridized carbons (Fsp3) is 0.625. The van der Waals surface area contributed by atoms with Crippen molar-refractivity contribution < 1.29 is 9.59 Å². The normalized spacial score (nSPS) is 11.5. The zero-order valence-corrected chi connectivity index (χ0v) is 26.1. The van der Waals surface area contributed by atoms with Crippen LogP contribution in [0.25, 0.3) is 21.9 Å². The molecule has 3 rings (SSSR count). The van der Waals surface area contributed by atoms with Gasteiger partial charge in [-0.3, -0.25) is 9.59 Å². The molecule has 3 aromatic rings. The number of nitrogen functional groups attached to an aromatic ring is 1.